The highest BCUT2D eigenvalue weighted by Crippen LogP contribution is 2.72. The maximum Gasteiger partial charge on any atom is 0.127 e. The van der Waals surface area contributed by atoms with Crippen LogP contribution < -0.4 is 4.74 Å². The van der Waals surface area contributed by atoms with Crippen LogP contribution in [0, 0.1) is 5.41 Å². The third-order valence-corrected chi connectivity index (χ3v) is 5.86. The van der Waals surface area contributed by atoms with E-state index in [0.29, 0.717) is 6.42 Å². The second-order valence-electron chi connectivity index (χ2n) is 6.02. The number of methoxy groups -OCH3 is 1. The molecule has 0 amide bonds. The fourth-order valence-electron chi connectivity index (χ4n) is 3.11. The minimum absolute atomic E-state index is 0.528. The standard InChI is InChI=1S/C18H18Cl2O2/c1-16(12-17(16,19)20)18(21,13-6-4-3-5-7-13)14-8-10-15(22-2)11-9-14/h3-11,21H,12H2,1-2H3/t16-,18-/m1/s1. The molecule has 1 saturated carbocycles. The maximum absolute atomic E-state index is 11.6. The molecule has 0 aromatic heterocycles. The molecule has 2 atom stereocenters. The van der Waals surface area contributed by atoms with Gasteiger partial charge in [0.1, 0.15) is 15.7 Å². The second kappa shape index (κ2) is 5.16. The first-order valence-corrected chi connectivity index (χ1v) is 7.91. The lowest BCUT2D eigenvalue weighted by molar-refractivity contribution is 0.00835. The Hall–Kier alpha value is -1.22. The molecule has 22 heavy (non-hydrogen) atoms. The summed E-state index contributed by atoms with van der Waals surface area (Å²) in [5.74, 6) is 0.739. The van der Waals surface area contributed by atoms with Gasteiger partial charge in [-0.05, 0) is 29.7 Å². The molecule has 0 radical (unpaired) electrons. The lowest BCUT2D eigenvalue weighted by atomic mass is 9.74. The number of alkyl halides is 2. The summed E-state index contributed by atoms with van der Waals surface area (Å²) in [7, 11) is 1.61. The van der Waals surface area contributed by atoms with Crippen LogP contribution in [0.25, 0.3) is 0 Å². The van der Waals surface area contributed by atoms with Crippen molar-refractivity contribution < 1.29 is 9.84 Å². The van der Waals surface area contributed by atoms with Crippen molar-refractivity contribution in [1.82, 2.24) is 0 Å². The van der Waals surface area contributed by atoms with Gasteiger partial charge < -0.3 is 9.84 Å². The largest absolute Gasteiger partial charge is 0.497 e. The van der Waals surface area contributed by atoms with Crippen molar-refractivity contribution >= 4 is 23.2 Å². The molecule has 0 unspecified atom stereocenters. The monoisotopic (exact) mass is 336 g/mol. The second-order valence-corrected chi connectivity index (χ2v) is 7.50. The van der Waals surface area contributed by atoms with Gasteiger partial charge >= 0.3 is 0 Å². The van der Waals surface area contributed by atoms with E-state index in [0.717, 1.165) is 16.9 Å². The van der Waals surface area contributed by atoms with E-state index in [9.17, 15) is 5.11 Å². The third kappa shape index (κ3) is 2.13. The molecular formula is C18H18Cl2O2. The van der Waals surface area contributed by atoms with Gasteiger partial charge in [-0.3, -0.25) is 0 Å². The Balaban J connectivity index is 2.16. The van der Waals surface area contributed by atoms with Crippen molar-refractivity contribution in [3.63, 3.8) is 0 Å². The van der Waals surface area contributed by atoms with Gasteiger partial charge in [-0.15, -0.1) is 23.2 Å². The SMILES string of the molecule is COc1ccc([C@](O)(c2ccccc2)[C@]2(C)CC2(Cl)Cl)cc1. The molecule has 0 spiro atoms. The summed E-state index contributed by atoms with van der Waals surface area (Å²) in [5, 5.41) is 11.6. The van der Waals surface area contributed by atoms with Crippen molar-refractivity contribution in [3.8, 4) is 5.75 Å². The molecule has 2 nitrogen and oxygen atoms in total. The molecule has 3 rings (SSSR count). The zero-order valence-corrected chi connectivity index (χ0v) is 14.0. The normalized spacial score (nSPS) is 25.3. The lowest BCUT2D eigenvalue weighted by Gasteiger charge is -2.37. The zero-order chi connectivity index (χ0) is 16.0. The minimum Gasteiger partial charge on any atom is -0.497 e. The summed E-state index contributed by atoms with van der Waals surface area (Å²) < 4.78 is 4.25. The molecule has 1 fully saturated rings. The number of ether oxygens (including phenoxy) is 1. The van der Waals surface area contributed by atoms with Crippen LogP contribution in [0.2, 0.25) is 0 Å². The summed E-state index contributed by atoms with van der Waals surface area (Å²) >= 11 is 12.7. The van der Waals surface area contributed by atoms with Gasteiger partial charge in [0, 0.05) is 5.41 Å². The quantitative estimate of drug-likeness (QED) is 0.832. The molecular weight excluding hydrogens is 319 g/mol. The van der Waals surface area contributed by atoms with Gasteiger partial charge in [0.2, 0.25) is 0 Å². The number of rotatable bonds is 4. The van der Waals surface area contributed by atoms with E-state index < -0.39 is 15.3 Å². The van der Waals surface area contributed by atoms with Crippen molar-refractivity contribution in [2.75, 3.05) is 7.11 Å². The molecule has 1 N–H and O–H groups in total. The Morgan fingerprint density at radius 2 is 1.50 bits per heavy atom. The van der Waals surface area contributed by atoms with Gasteiger partial charge in [0.25, 0.3) is 0 Å². The van der Waals surface area contributed by atoms with Gasteiger partial charge in [-0.2, -0.15) is 0 Å². The van der Waals surface area contributed by atoms with E-state index in [1.165, 1.54) is 0 Å². The van der Waals surface area contributed by atoms with Crippen molar-refractivity contribution in [1.29, 1.82) is 0 Å². The molecule has 0 aliphatic heterocycles. The van der Waals surface area contributed by atoms with Gasteiger partial charge in [-0.25, -0.2) is 0 Å². The Kier molecular flexibility index (Phi) is 3.67. The Bertz CT molecular complexity index is 669. The molecule has 1 aliphatic rings. The fourth-order valence-corrected chi connectivity index (χ4v) is 3.92. The first-order chi connectivity index (χ1) is 10.3. The summed E-state index contributed by atoms with van der Waals surface area (Å²) in [5.41, 5.74) is -0.376. The van der Waals surface area contributed by atoms with Gasteiger partial charge in [0.15, 0.2) is 0 Å². The highest BCUT2D eigenvalue weighted by molar-refractivity contribution is 6.51. The lowest BCUT2D eigenvalue weighted by Crippen LogP contribution is -2.39. The average molecular weight is 337 g/mol. The minimum atomic E-state index is -1.26. The van der Waals surface area contributed by atoms with Crippen LogP contribution >= 0.6 is 23.2 Å². The predicted octanol–water partition coefficient (Wildman–Crippen LogP) is 4.52. The Morgan fingerprint density at radius 3 is 1.95 bits per heavy atom. The molecule has 0 heterocycles. The van der Waals surface area contributed by atoms with Crippen molar-refractivity contribution in [2.45, 2.75) is 23.3 Å². The van der Waals surface area contributed by atoms with Crippen LogP contribution in [0.5, 0.6) is 5.75 Å². The summed E-state index contributed by atoms with van der Waals surface area (Å²) in [4.78, 5) is 0. The topological polar surface area (TPSA) is 29.5 Å². The first-order valence-electron chi connectivity index (χ1n) is 7.15. The molecule has 2 aromatic rings. The number of halogens is 2. The fraction of sp³-hybridized carbons (Fsp3) is 0.333. The summed E-state index contributed by atoms with van der Waals surface area (Å²) in [6.45, 7) is 1.92. The van der Waals surface area contributed by atoms with Crippen LogP contribution in [-0.2, 0) is 5.60 Å². The molecule has 1 aliphatic carbocycles. The average Bonchev–Trinajstić information content (AvgIpc) is 3.07. The molecule has 4 heteroatoms. The predicted molar refractivity (Wildman–Crippen MR) is 89.6 cm³/mol. The number of benzene rings is 2. The summed E-state index contributed by atoms with van der Waals surface area (Å²) in [6, 6.07) is 16.9. The van der Waals surface area contributed by atoms with Crippen molar-refractivity contribution in [3.05, 3.63) is 65.7 Å². The van der Waals surface area contributed by atoms with E-state index in [-0.39, 0.29) is 0 Å². The van der Waals surface area contributed by atoms with Crippen LogP contribution in [0.3, 0.4) is 0 Å². The van der Waals surface area contributed by atoms with E-state index in [2.05, 4.69) is 0 Å². The van der Waals surface area contributed by atoms with Crippen LogP contribution in [0.4, 0.5) is 0 Å². The zero-order valence-electron chi connectivity index (χ0n) is 12.5. The Labute approximate surface area is 140 Å². The molecule has 0 bridgehead atoms. The summed E-state index contributed by atoms with van der Waals surface area (Å²) in [6.07, 6.45) is 0.528. The molecule has 2 aromatic carbocycles. The van der Waals surface area contributed by atoms with Crippen LogP contribution in [0.1, 0.15) is 24.5 Å². The Morgan fingerprint density at radius 1 is 1.00 bits per heavy atom. The highest BCUT2D eigenvalue weighted by Gasteiger charge is 2.73. The van der Waals surface area contributed by atoms with E-state index in [1.54, 1.807) is 7.11 Å². The van der Waals surface area contributed by atoms with Crippen LogP contribution in [-0.4, -0.2) is 16.5 Å². The van der Waals surface area contributed by atoms with E-state index in [4.69, 9.17) is 27.9 Å². The van der Waals surface area contributed by atoms with Gasteiger partial charge in [-0.1, -0.05) is 49.4 Å². The highest BCUT2D eigenvalue weighted by atomic mass is 35.5. The molecule has 0 saturated heterocycles. The first kappa shape index (κ1) is 15.7. The van der Waals surface area contributed by atoms with E-state index in [1.807, 2.05) is 61.5 Å². The smallest absolute Gasteiger partial charge is 0.127 e. The number of hydrogen-bond donors (Lipinski definition) is 1. The van der Waals surface area contributed by atoms with Crippen LogP contribution in [0.15, 0.2) is 54.6 Å². The molecule has 116 valence electrons. The number of hydrogen-bond acceptors (Lipinski definition) is 2. The maximum atomic E-state index is 11.6. The number of aliphatic hydroxyl groups is 1. The van der Waals surface area contributed by atoms with E-state index >= 15 is 0 Å². The van der Waals surface area contributed by atoms with Crippen molar-refractivity contribution in [2.24, 2.45) is 5.41 Å². The third-order valence-electron chi connectivity index (χ3n) is 4.76. The van der Waals surface area contributed by atoms with Gasteiger partial charge in [0.05, 0.1) is 7.11 Å².